The molecule has 2 aromatic rings. The van der Waals surface area contributed by atoms with Crippen molar-refractivity contribution in [1.82, 2.24) is 15.5 Å². The number of amides is 3. The maximum atomic E-state index is 13.1. The van der Waals surface area contributed by atoms with Gasteiger partial charge in [0.05, 0.1) is 6.34 Å². The molecule has 36 heavy (non-hydrogen) atoms. The Morgan fingerprint density at radius 2 is 1.78 bits per heavy atom. The fourth-order valence-electron chi connectivity index (χ4n) is 4.60. The van der Waals surface area contributed by atoms with Gasteiger partial charge in [0.15, 0.2) is 11.6 Å². The highest BCUT2D eigenvalue weighted by Crippen LogP contribution is 2.31. The van der Waals surface area contributed by atoms with E-state index in [9.17, 15) is 18.8 Å². The lowest BCUT2D eigenvalue weighted by molar-refractivity contribution is -0.131. The Bertz CT molecular complexity index is 1130. The van der Waals surface area contributed by atoms with Crippen molar-refractivity contribution >= 4 is 29.7 Å². The maximum absolute atomic E-state index is 13.1. The number of benzene rings is 2. The van der Waals surface area contributed by atoms with E-state index in [0.717, 1.165) is 38.4 Å². The number of nitrogens with zero attached hydrogens (tertiary/aromatic N) is 2. The lowest BCUT2D eigenvalue weighted by Crippen LogP contribution is -2.60. The van der Waals surface area contributed by atoms with E-state index in [1.54, 1.807) is 24.3 Å². The molecule has 4 rings (SSSR count). The summed E-state index contributed by atoms with van der Waals surface area (Å²) in [5.41, 5.74) is 5.44. The minimum absolute atomic E-state index is 0.302. The monoisotopic (exact) mass is 494 g/mol. The highest BCUT2D eigenvalue weighted by molar-refractivity contribution is 6.04. The Morgan fingerprint density at radius 1 is 1.11 bits per heavy atom. The van der Waals surface area contributed by atoms with E-state index in [2.05, 4.69) is 32.8 Å². The first-order valence-corrected chi connectivity index (χ1v) is 12.1. The molecule has 2 unspecified atom stereocenters. The van der Waals surface area contributed by atoms with E-state index in [1.807, 2.05) is 0 Å². The number of piperidine rings is 1. The molecule has 5 N–H and O–H groups in total. The van der Waals surface area contributed by atoms with Crippen molar-refractivity contribution in [2.75, 3.05) is 31.5 Å². The summed E-state index contributed by atoms with van der Waals surface area (Å²) >= 11 is 0. The predicted octanol–water partition coefficient (Wildman–Crippen LogP) is 1.61. The van der Waals surface area contributed by atoms with Crippen LogP contribution < -0.4 is 21.7 Å². The van der Waals surface area contributed by atoms with Crippen LogP contribution in [0.25, 0.3) is 0 Å². The largest absolute Gasteiger partial charge is 0.367 e. The molecule has 2 heterocycles. The van der Waals surface area contributed by atoms with Crippen LogP contribution in [-0.4, -0.2) is 61.2 Å². The number of hydrogen-bond acceptors (Lipinski definition) is 6. The van der Waals surface area contributed by atoms with Gasteiger partial charge >= 0.3 is 0 Å². The molecule has 0 radical (unpaired) electrons. The van der Waals surface area contributed by atoms with Crippen molar-refractivity contribution in [2.24, 2.45) is 16.6 Å². The summed E-state index contributed by atoms with van der Waals surface area (Å²) in [7, 11) is 0. The predicted molar refractivity (Wildman–Crippen MR) is 135 cm³/mol. The number of halogens is 1. The Morgan fingerprint density at radius 3 is 2.42 bits per heavy atom. The van der Waals surface area contributed by atoms with E-state index in [-0.39, 0.29) is 0 Å². The van der Waals surface area contributed by atoms with Crippen molar-refractivity contribution in [1.29, 1.82) is 0 Å². The van der Waals surface area contributed by atoms with Crippen LogP contribution in [0, 0.1) is 11.7 Å². The standard InChI is InChI=1S/C26H31FN6O3/c1-17-10-13-33(14-11-17)15-12-29-24(35)22-26(25(28)36,31-16-30-22)19-4-8-21(9-5-19)32-23(34)18-2-6-20(27)7-3-18/h2-9,16-17,22H,10-15H2,1H3,(H2,28,36)(H,29,35)(H,30,31)(H,32,34). The Hall–Kier alpha value is -3.79. The summed E-state index contributed by atoms with van der Waals surface area (Å²) in [4.78, 5) is 44.7. The normalized spacial score (nSPS) is 22.1. The number of primary amides is 1. The van der Waals surface area contributed by atoms with Gasteiger partial charge < -0.3 is 26.6 Å². The molecular formula is C26H31FN6O3. The summed E-state index contributed by atoms with van der Waals surface area (Å²) in [5, 5.41) is 8.51. The van der Waals surface area contributed by atoms with Gasteiger partial charge in [0.1, 0.15) is 5.82 Å². The van der Waals surface area contributed by atoms with Crippen LogP contribution >= 0.6 is 0 Å². The van der Waals surface area contributed by atoms with Gasteiger partial charge in [0, 0.05) is 24.3 Å². The number of hydrogen-bond donors (Lipinski definition) is 4. The number of aliphatic imine (C=N–C) groups is 1. The van der Waals surface area contributed by atoms with Crippen molar-refractivity contribution < 1.29 is 18.8 Å². The zero-order chi connectivity index (χ0) is 25.7. The first-order chi connectivity index (χ1) is 17.3. The molecule has 0 aliphatic carbocycles. The number of likely N-dealkylation sites (tertiary alicyclic amines) is 1. The zero-order valence-electron chi connectivity index (χ0n) is 20.2. The second-order valence-corrected chi connectivity index (χ2v) is 9.35. The van der Waals surface area contributed by atoms with Gasteiger partial charge in [-0.05, 0) is 73.8 Å². The molecule has 9 nitrogen and oxygen atoms in total. The Balaban J connectivity index is 1.42. The van der Waals surface area contributed by atoms with E-state index in [4.69, 9.17) is 5.73 Å². The molecule has 2 aliphatic rings. The first-order valence-electron chi connectivity index (χ1n) is 12.1. The Kier molecular flexibility index (Phi) is 7.64. The van der Waals surface area contributed by atoms with E-state index >= 15 is 0 Å². The third-order valence-electron chi connectivity index (χ3n) is 6.87. The average Bonchev–Trinajstić information content (AvgIpc) is 3.33. The molecule has 2 aliphatic heterocycles. The second kappa shape index (κ2) is 10.9. The van der Waals surface area contributed by atoms with Gasteiger partial charge in [-0.25, -0.2) is 4.39 Å². The molecule has 0 bridgehead atoms. The van der Waals surface area contributed by atoms with Crippen molar-refractivity contribution in [3.8, 4) is 0 Å². The molecule has 3 amide bonds. The summed E-state index contributed by atoms with van der Waals surface area (Å²) in [6.07, 6.45) is 3.62. The number of anilines is 1. The van der Waals surface area contributed by atoms with Gasteiger partial charge in [-0.3, -0.25) is 19.4 Å². The Labute approximate surface area is 209 Å². The highest BCUT2D eigenvalue weighted by Gasteiger charge is 2.52. The van der Waals surface area contributed by atoms with Crippen LogP contribution in [-0.2, 0) is 15.1 Å². The van der Waals surface area contributed by atoms with Crippen LogP contribution in [0.4, 0.5) is 10.1 Å². The zero-order valence-corrected chi connectivity index (χ0v) is 20.2. The summed E-state index contributed by atoms with van der Waals surface area (Å²) in [6, 6.07) is 10.5. The first kappa shape index (κ1) is 25.3. The van der Waals surface area contributed by atoms with Crippen LogP contribution in [0.5, 0.6) is 0 Å². The summed E-state index contributed by atoms with van der Waals surface area (Å²) in [6.45, 7) is 5.45. The summed E-state index contributed by atoms with van der Waals surface area (Å²) < 4.78 is 13.1. The molecule has 0 spiro atoms. The fourth-order valence-corrected chi connectivity index (χ4v) is 4.60. The fraction of sp³-hybridized carbons (Fsp3) is 0.385. The van der Waals surface area contributed by atoms with E-state index in [1.165, 1.54) is 30.6 Å². The molecular weight excluding hydrogens is 463 g/mol. The molecule has 0 aromatic heterocycles. The maximum Gasteiger partial charge on any atom is 0.255 e. The van der Waals surface area contributed by atoms with Gasteiger partial charge in [-0.15, -0.1) is 0 Å². The summed E-state index contributed by atoms with van der Waals surface area (Å²) in [5.74, 6) is -1.25. The van der Waals surface area contributed by atoms with Crippen LogP contribution in [0.2, 0.25) is 0 Å². The number of rotatable bonds is 8. The highest BCUT2D eigenvalue weighted by atomic mass is 19.1. The topological polar surface area (TPSA) is 129 Å². The molecule has 1 saturated heterocycles. The van der Waals surface area contributed by atoms with Crippen LogP contribution in [0.15, 0.2) is 53.5 Å². The van der Waals surface area contributed by atoms with Crippen LogP contribution in [0.3, 0.4) is 0 Å². The van der Waals surface area contributed by atoms with Crippen molar-refractivity contribution in [3.63, 3.8) is 0 Å². The van der Waals surface area contributed by atoms with E-state index < -0.39 is 35.1 Å². The lowest BCUT2D eigenvalue weighted by Gasteiger charge is -2.32. The second-order valence-electron chi connectivity index (χ2n) is 9.35. The number of nitrogens with one attached hydrogen (secondary N) is 3. The van der Waals surface area contributed by atoms with Crippen molar-refractivity contribution in [3.05, 3.63) is 65.5 Å². The third kappa shape index (κ3) is 5.38. The van der Waals surface area contributed by atoms with Gasteiger partial charge in [-0.2, -0.15) is 0 Å². The minimum Gasteiger partial charge on any atom is -0.367 e. The average molecular weight is 495 g/mol. The molecule has 2 atom stereocenters. The van der Waals surface area contributed by atoms with Gasteiger partial charge in [0.2, 0.25) is 5.91 Å². The smallest absolute Gasteiger partial charge is 0.255 e. The number of carbonyl (C=O) groups is 3. The SMILES string of the molecule is CC1CCN(CCNC(=O)C2N=CNC2(C(N)=O)c2ccc(NC(=O)c3ccc(F)cc3)cc2)CC1. The van der Waals surface area contributed by atoms with E-state index in [0.29, 0.717) is 23.4 Å². The van der Waals surface area contributed by atoms with Gasteiger partial charge in [0.25, 0.3) is 11.8 Å². The number of nitrogens with two attached hydrogens (primary N) is 1. The molecule has 190 valence electrons. The number of carbonyl (C=O) groups excluding carboxylic acids is 3. The van der Waals surface area contributed by atoms with Crippen molar-refractivity contribution in [2.45, 2.75) is 31.3 Å². The third-order valence-corrected chi connectivity index (χ3v) is 6.87. The minimum atomic E-state index is -1.55. The van der Waals surface area contributed by atoms with Crippen LogP contribution in [0.1, 0.15) is 35.7 Å². The molecule has 1 fully saturated rings. The quantitative estimate of drug-likeness (QED) is 0.443. The molecule has 10 heteroatoms. The van der Waals surface area contributed by atoms with Gasteiger partial charge in [-0.1, -0.05) is 19.1 Å². The molecule has 0 saturated carbocycles. The lowest BCUT2D eigenvalue weighted by atomic mass is 9.82. The molecule has 2 aromatic carbocycles.